The van der Waals surface area contributed by atoms with Crippen LogP contribution >= 0.6 is 23.2 Å². The Hall–Kier alpha value is -1.72. The van der Waals surface area contributed by atoms with E-state index >= 15 is 0 Å². The van der Waals surface area contributed by atoms with Gasteiger partial charge in [0.15, 0.2) is 0 Å². The quantitative estimate of drug-likeness (QED) is 0.914. The molecule has 1 heterocycles. The Kier molecular flexibility index (Phi) is 3.68. The lowest BCUT2D eigenvalue weighted by atomic mass is 10.2. The Bertz CT molecular complexity index is 703. The molecule has 0 aliphatic carbocycles. The first-order valence-electron chi connectivity index (χ1n) is 5.38. The van der Waals surface area contributed by atoms with Crippen molar-refractivity contribution in [2.75, 3.05) is 0 Å². The number of nitrogens with one attached hydrogen (secondary N) is 1. The maximum Gasteiger partial charge on any atom is 0.308 e. The third-order valence-electron chi connectivity index (χ3n) is 2.69. The number of benzene rings is 1. The van der Waals surface area contributed by atoms with E-state index in [9.17, 15) is 9.59 Å². The maximum atomic E-state index is 12.2. The number of carboxylic acid groups (broad SMARTS) is 1. The van der Waals surface area contributed by atoms with Gasteiger partial charge in [0, 0.05) is 5.69 Å². The monoisotopic (exact) mass is 300 g/mol. The third-order valence-corrected chi connectivity index (χ3v) is 3.50. The smallest absolute Gasteiger partial charge is 0.308 e. The lowest BCUT2D eigenvalue weighted by molar-refractivity contribution is -0.136. The van der Waals surface area contributed by atoms with Gasteiger partial charge in [0.25, 0.3) is 5.56 Å². The summed E-state index contributed by atoms with van der Waals surface area (Å²) in [6.07, 6.45) is -0.341. The Labute approximate surface area is 118 Å². The number of aromatic amines is 1. The number of H-pyrrole nitrogens is 1. The number of rotatable bonds is 3. The predicted octanol–water partition coefficient (Wildman–Crippen LogP) is 2.41. The first-order chi connectivity index (χ1) is 8.91. The molecule has 0 fully saturated rings. The van der Waals surface area contributed by atoms with Gasteiger partial charge < -0.3 is 5.11 Å². The first kappa shape index (κ1) is 13.7. The normalized spacial score (nSPS) is 10.7. The van der Waals surface area contributed by atoms with Crippen molar-refractivity contribution in [2.24, 2.45) is 0 Å². The second kappa shape index (κ2) is 5.11. The fourth-order valence-corrected chi connectivity index (χ4v) is 2.16. The van der Waals surface area contributed by atoms with Crippen LogP contribution in [0.1, 0.15) is 11.3 Å². The second-order valence-electron chi connectivity index (χ2n) is 4.00. The number of halogens is 2. The van der Waals surface area contributed by atoms with Gasteiger partial charge in [-0.15, -0.1) is 0 Å². The van der Waals surface area contributed by atoms with Gasteiger partial charge in [0.05, 0.1) is 27.7 Å². The van der Waals surface area contributed by atoms with Crippen LogP contribution in [-0.4, -0.2) is 20.9 Å². The van der Waals surface area contributed by atoms with E-state index in [2.05, 4.69) is 5.10 Å². The average Bonchev–Trinajstić information content (AvgIpc) is 2.60. The molecule has 100 valence electrons. The van der Waals surface area contributed by atoms with Crippen molar-refractivity contribution in [2.45, 2.75) is 13.3 Å². The van der Waals surface area contributed by atoms with Crippen LogP contribution < -0.4 is 5.56 Å². The zero-order valence-corrected chi connectivity index (χ0v) is 11.4. The number of hydrogen-bond donors (Lipinski definition) is 2. The average molecular weight is 301 g/mol. The number of nitrogens with zero attached hydrogens (tertiary/aromatic N) is 1. The summed E-state index contributed by atoms with van der Waals surface area (Å²) in [6, 6.07) is 4.88. The van der Waals surface area contributed by atoms with Crippen molar-refractivity contribution in [3.8, 4) is 5.69 Å². The number of carbonyl (C=O) groups is 1. The summed E-state index contributed by atoms with van der Waals surface area (Å²) in [5, 5.41) is 12.1. The summed E-state index contributed by atoms with van der Waals surface area (Å²) in [6.45, 7) is 1.63. The zero-order chi connectivity index (χ0) is 14.2. The van der Waals surface area contributed by atoms with E-state index in [0.717, 1.165) is 0 Å². The molecule has 0 unspecified atom stereocenters. The fourth-order valence-electron chi connectivity index (χ4n) is 1.78. The standard InChI is InChI=1S/C12H10Cl2N2O3/c1-6-7(5-10(17)18)12(19)16(15-6)9-4-2-3-8(13)11(9)14/h2-4,15H,5H2,1H3,(H,17,18). The van der Waals surface area contributed by atoms with Crippen LogP contribution in [0.2, 0.25) is 10.0 Å². The van der Waals surface area contributed by atoms with E-state index in [1.165, 1.54) is 4.68 Å². The van der Waals surface area contributed by atoms with Crippen molar-refractivity contribution >= 4 is 29.2 Å². The minimum Gasteiger partial charge on any atom is -0.481 e. The van der Waals surface area contributed by atoms with Gasteiger partial charge in [-0.3, -0.25) is 14.7 Å². The predicted molar refractivity (Wildman–Crippen MR) is 72.5 cm³/mol. The van der Waals surface area contributed by atoms with E-state index in [0.29, 0.717) is 16.4 Å². The first-order valence-corrected chi connectivity index (χ1v) is 6.14. The van der Waals surface area contributed by atoms with E-state index in [4.69, 9.17) is 28.3 Å². The van der Waals surface area contributed by atoms with Gasteiger partial charge in [-0.05, 0) is 19.1 Å². The second-order valence-corrected chi connectivity index (χ2v) is 4.78. The van der Waals surface area contributed by atoms with E-state index in [-0.39, 0.29) is 17.0 Å². The molecule has 0 radical (unpaired) electrons. The van der Waals surface area contributed by atoms with Crippen LogP contribution in [0.5, 0.6) is 0 Å². The molecular formula is C12H10Cl2N2O3. The lowest BCUT2D eigenvalue weighted by Gasteiger charge is -2.05. The summed E-state index contributed by atoms with van der Waals surface area (Å²) in [5.41, 5.74) is 0.634. The molecule has 0 aliphatic heterocycles. The fraction of sp³-hybridized carbons (Fsp3) is 0.167. The molecule has 2 N–H and O–H groups in total. The summed E-state index contributed by atoms with van der Waals surface area (Å²) in [4.78, 5) is 22.9. The molecular weight excluding hydrogens is 291 g/mol. The molecule has 1 aromatic carbocycles. The molecule has 0 bridgehead atoms. The summed E-state index contributed by atoms with van der Waals surface area (Å²) >= 11 is 11.9. The highest BCUT2D eigenvalue weighted by Gasteiger charge is 2.17. The largest absolute Gasteiger partial charge is 0.481 e. The summed E-state index contributed by atoms with van der Waals surface area (Å²) < 4.78 is 1.20. The van der Waals surface area contributed by atoms with E-state index < -0.39 is 11.5 Å². The Morgan fingerprint density at radius 1 is 1.42 bits per heavy atom. The minimum absolute atomic E-state index is 0.198. The van der Waals surface area contributed by atoms with Gasteiger partial charge in [-0.1, -0.05) is 29.3 Å². The van der Waals surface area contributed by atoms with Gasteiger partial charge in [0.1, 0.15) is 0 Å². The zero-order valence-electron chi connectivity index (χ0n) is 9.91. The summed E-state index contributed by atoms with van der Waals surface area (Å²) in [7, 11) is 0. The number of carboxylic acids is 1. The molecule has 0 amide bonds. The number of aromatic nitrogens is 2. The number of aryl methyl sites for hydroxylation is 1. The van der Waals surface area contributed by atoms with Crippen molar-refractivity contribution in [1.29, 1.82) is 0 Å². The van der Waals surface area contributed by atoms with Crippen LogP contribution in [0.25, 0.3) is 5.69 Å². The van der Waals surface area contributed by atoms with Crippen LogP contribution in [0.4, 0.5) is 0 Å². The van der Waals surface area contributed by atoms with Crippen molar-refractivity contribution < 1.29 is 9.90 Å². The third kappa shape index (κ3) is 2.52. The topological polar surface area (TPSA) is 75.1 Å². The molecule has 7 heteroatoms. The molecule has 5 nitrogen and oxygen atoms in total. The SMILES string of the molecule is Cc1[nH]n(-c2cccc(Cl)c2Cl)c(=O)c1CC(=O)O. The highest BCUT2D eigenvalue weighted by molar-refractivity contribution is 6.43. The van der Waals surface area contributed by atoms with Crippen molar-refractivity contribution in [3.05, 3.63) is 49.9 Å². The van der Waals surface area contributed by atoms with Crippen LogP contribution in [0.3, 0.4) is 0 Å². The lowest BCUT2D eigenvalue weighted by Crippen LogP contribution is -2.19. The Morgan fingerprint density at radius 2 is 2.11 bits per heavy atom. The molecule has 0 spiro atoms. The minimum atomic E-state index is -1.07. The molecule has 0 atom stereocenters. The number of aliphatic carboxylic acids is 1. The van der Waals surface area contributed by atoms with Gasteiger partial charge in [0.2, 0.25) is 0 Å². The Morgan fingerprint density at radius 3 is 2.74 bits per heavy atom. The summed E-state index contributed by atoms with van der Waals surface area (Å²) in [5.74, 6) is -1.07. The van der Waals surface area contributed by atoms with E-state index in [1.807, 2.05) is 0 Å². The molecule has 0 saturated heterocycles. The molecule has 1 aromatic heterocycles. The highest BCUT2D eigenvalue weighted by Crippen LogP contribution is 2.27. The van der Waals surface area contributed by atoms with Gasteiger partial charge in [-0.2, -0.15) is 0 Å². The van der Waals surface area contributed by atoms with Crippen molar-refractivity contribution in [3.63, 3.8) is 0 Å². The van der Waals surface area contributed by atoms with Gasteiger partial charge in [-0.25, -0.2) is 4.68 Å². The van der Waals surface area contributed by atoms with Crippen LogP contribution in [-0.2, 0) is 11.2 Å². The Balaban J connectivity index is 2.62. The van der Waals surface area contributed by atoms with E-state index in [1.54, 1.807) is 25.1 Å². The highest BCUT2D eigenvalue weighted by atomic mass is 35.5. The number of hydrogen-bond acceptors (Lipinski definition) is 2. The van der Waals surface area contributed by atoms with Gasteiger partial charge >= 0.3 is 5.97 Å². The molecule has 0 aliphatic rings. The van der Waals surface area contributed by atoms with Crippen LogP contribution in [0.15, 0.2) is 23.0 Å². The molecule has 2 rings (SSSR count). The molecule has 0 saturated carbocycles. The van der Waals surface area contributed by atoms with Crippen LogP contribution in [0, 0.1) is 6.92 Å². The molecule has 2 aromatic rings. The maximum absolute atomic E-state index is 12.2. The molecule has 19 heavy (non-hydrogen) atoms. The van der Waals surface area contributed by atoms with Crippen molar-refractivity contribution in [1.82, 2.24) is 9.78 Å².